The minimum Gasteiger partial charge on any atom is -0.338 e. The van der Waals surface area contributed by atoms with E-state index in [0.717, 1.165) is 18.4 Å². The van der Waals surface area contributed by atoms with Crippen LogP contribution in [0.4, 0.5) is 4.79 Å². The third-order valence-electron chi connectivity index (χ3n) is 4.24. The van der Waals surface area contributed by atoms with Crippen molar-refractivity contribution in [1.29, 1.82) is 0 Å². The second-order valence-corrected chi connectivity index (χ2v) is 7.74. The van der Waals surface area contributed by atoms with Gasteiger partial charge in [-0.05, 0) is 25.8 Å². The molecule has 0 aliphatic carbocycles. The predicted octanol–water partition coefficient (Wildman–Crippen LogP) is 3.74. The fourth-order valence-corrected chi connectivity index (χ4v) is 4.64. The van der Waals surface area contributed by atoms with Crippen LogP contribution in [0.2, 0.25) is 5.02 Å². The van der Waals surface area contributed by atoms with Crippen molar-refractivity contribution >= 4 is 35.3 Å². The number of urea groups is 1. The second-order valence-electron chi connectivity index (χ2n) is 6.05. The molecule has 0 aromatic heterocycles. The first-order chi connectivity index (χ1) is 12.0. The number of benzene rings is 1. The summed E-state index contributed by atoms with van der Waals surface area (Å²) in [5, 5.41) is 3.38. The van der Waals surface area contributed by atoms with Crippen molar-refractivity contribution in [3.05, 3.63) is 34.9 Å². The molecule has 2 atom stereocenters. The zero-order valence-corrected chi connectivity index (χ0v) is 16.6. The lowest BCUT2D eigenvalue weighted by Gasteiger charge is -2.26. The van der Waals surface area contributed by atoms with E-state index in [1.165, 1.54) is 0 Å². The number of carbonyl (C=O) groups is 2. The van der Waals surface area contributed by atoms with Gasteiger partial charge in [0.05, 0.1) is 5.25 Å². The normalized spacial score (nSPS) is 20.0. The van der Waals surface area contributed by atoms with Gasteiger partial charge in [-0.3, -0.25) is 4.79 Å². The summed E-state index contributed by atoms with van der Waals surface area (Å²) in [6.45, 7) is 5.75. The molecule has 0 bridgehead atoms. The van der Waals surface area contributed by atoms with E-state index in [9.17, 15) is 9.59 Å². The summed E-state index contributed by atoms with van der Waals surface area (Å²) in [6.07, 6.45) is 1.54. The molecule has 1 aliphatic heterocycles. The van der Waals surface area contributed by atoms with Gasteiger partial charge in [0.1, 0.15) is 5.37 Å². The van der Waals surface area contributed by atoms with Crippen molar-refractivity contribution in [1.82, 2.24) is 15.1 Å². The summed E-state index contributed by atoms with van der Waals surface area (Å²) in [5.74, 6) is 0.165. The van der Waals surface area contributed by atoms with Crippen LogP contribution in [0.1, 0.15) is 37.6 Å². The summed E-state index contributed by atoms with van der Waals surface area (Å²) in [4.78, 5) is 28.0. The molecule has 1 saturated heterocycles. The van der Waals surface area contributed by atoms with Gasteiger partial charge in [-0.2, -0.15) is 0 Å². The van der Waals surface area contributed by atoms with Gasteiger partial charge in [0, 0.05) is 37.3 Å². The van der Waals surface area contributed by atoms with E-state index in [-0.39, 0.29) is 22.6 Å². The molecule has 1 aliphatic rings. The molecule has 0 saturated carbocycles. The van der Waals surface area contributed by atoms with Gasteiger partial charge in [-0.25, -0.2) is 4.79 Å². The minimum atomic E-state index is -0.0845. The first-order valence-electron chi connectivity index (χ1n) is 8.68. The Labute approximate surface area is 159 Å². The summed E-state index contributed by atoms with van der Waals surface area (Å²) < 4.78 is 0. The molecule has 2 rings (SSSR count). The monoisotopic (exact) mass is 383 g/mol. The Morgan fingerprint density at radius 1 is 1.36 bits per heavy atom. The molecule has 0 radical (unpaired) electrons. The highest BCUT2D eigenvalue weighted by atomic mass is 35.5. The Balaban J connectivity index is 2.04. The largest absolute Gasteiger partial charge is 0.338 e. The Kier molecular flexibility index (Phi) is 7.44. The molecule has 1 aromatic rings. The van der Waals surface area contributed by atoms with Crippen molar-refractivity contribution < 1.29 is 9.59 Å². The predicted molar refractivity (Wildman–Crippen MR) is 104 cm³/mol. The van der Waals surface area contributed by atoms with Crippen molar-refractivity contribution in [3.8, 4) is 0 Å². The van der Waals surface area contributed by atoms with Crippen LogP contribution in [0.25, 0.3) is 0 Å². The summed E-state index contributed by atoms with van der Waals surface area (Å²) >= 11 is 8.02. The number of hydrogen-bond donors (Lipinski definition) is 1. The van der Waals surface area contributed by atoms with Crippen LogP contribution in [-0.4, -0.2) is 53.7 Å². The fourth-order valence-electron chi connectivity index (χ4n) is 2.87. The van der Waals surface area contributed by atoms with Gasteiger partial charge in [0.25, 0.3) is 0 Å². The van der Waals surface area contributed by atoms with Gasteiger partial charge >= 0.3 is 6.03 Å². The fraction of sp³-hybridized carbons (Fsp3) is 0.556. The number of amides is 3. The quantitative estimate of drug-likeness (QED) is 0.780. The van der Waals surface area contributed by atoms with Gasteiger partial charge in [-0.15, -0.1) is 11.8 Å². The number of hydrogen-bond acceptors (Lipinski definition) is 3. The number of thioether (sulfide) groups is 1. The Bertz CT molecular complexity index is 614. The lowest BCUT2D eigenvalue weighted by atomic mass is 10.2. The topological polar surface area (TPSA) is 52.7 Å². The number of nitrogens with one attached hydrogen (secondary N) is 1. The van der Waals surface area contributed by atoms with E-state index >= 15 is 0 Å². The maximum Gasteiger partial charge on any atom is 0.317 e. The van der Waals surface area contributed by atoms with Gasteiger partial charge in [0.2, 0.25) is 5.91 Å². The zero-order valence-electron chi connectivity index (χ0n) is 15.0. The van der Waals surface area contributed by atoms with Crippen LogP contribution >= 0.6 is 23.4 Å². The average Bonchev–Trinajstić information content (AvgIpc) is 2.91. The average molecular weight is 384 g/mol. The van der Waals surface area contributed by atoms with Gasteiger partial charge in [0.15, 0.2) is 0 Å². The van der Waals surface area contributed by atoms with Gasteiger partial charge in [-0.1, -0.05) is 36.7 Å². The minimum absolute atomic E-state index is 0.0256. The van der Waals surface area contributed by atoms with E-state index < -0.39 is 0 Å². The smallest absolute Gasteiger partial charge is 0.317 e. The Morgan fingerprint density at radius 3 is 2.72 bits per heavy atom. The molecule has 25 heavy (non-hydrogen) atoms. The molecular formula is C18H26ClN3O2S. The Hall–Kier alpha value is -1.40. The molecule has 0 spiro atoms. The molecule has 1 fully saturated rings. The number of nitrogens with zero attached hydrogens (tertiary/aromatic N) is 2. The molecule has 138 valence electrons. The first kappa shape index (κ1) is 19.9. The third-order valence-corrected chi connectivity index (χ3v) is 6.22. The lowest BCUT2D eigenvalue weighted by Crippen LogP contribution is -2.39. The zero-order chi connectivity index (χ0) is 18.4. The van der Waals surface area contributed by atoms with Crippen molar-refractivity contribution in [2.45, 2.75) is 37.3 Å². The van der Waals surface area contributed by atoms with E-state index in [1.54, 1.807) is 23.7 Å². The molecule has 3 amide bonds. The van der Waals surface area contributed by atoms with Crippen LogP contribution in [0.15, 0.2) is 24.3 Å². The van der Waals surface area contributed by atoms with E-state index in [2.05, 4.69) is 5.32 Å². The maximum absolute atomic E-state index is 12.7. The van der Waals surface area contributed by atoms with Gasteiger partial charge < -0.3 is 15.1 Å². The molecular weight excluding hydrogens is 358 g/mol. The second kappa shape index (κ2) is 9.34. The van der Waals surface area contributed by atoms with Crippen LogP contribution in [0.5, 0.6) is 0 Å². The highest BCUT2D eigenvalue weighted by Gasteiger charge is 2.40. The molecule has 1 heterocycles. The van der Waals surface area contributed by atoms with Crippen LogP contribution in [-0.2, 0) is 4.79 Å². The highest BCUT2D eigenvalue weighted by Crippen LogP contribution is 2.46. The van der Waals surface area contributed by atoms with E-state index in [1.807, 2.05) is 43.0 Å². The van der Waals surface area contributed by atoms with Crippen LogP contribution < -0.4 is 5.32 Å². The standard InChI is InChI=1S/C18H26ClN3O2S/c1-4-15-16(23)22(12-8-11-21(3)18(24)20-5-2)17(25-15)13-9-6-7-10-14(13)19/h6-7,9-10,15,17H,4-5,8,11-12H2,1-3H3,(H,20,24)/t15-,17+/m0/s1. The molecule has 7 heteroatoms. The first-order valence-corrected chi connectivity index (χ1v) is 10.0. The summed E-state index contributed by atoms with van der Waals surface area (Å²) in [7, 11) is 1.77. The molecule has 1 N–H and O–H groups in total. The summed E-state index contributed by atoms with van der Waals surface area (Å²) in [6, 6.07) is 7.61. The maximum atomic E-state index is 12.7. The highest BCUT2D eigenvalue weighted by molar-refractivity contribution is 8.01. The van der Waals surface area contributed by atoms with Crippen molar-refractivity contribution in [2.24, 2.45) is 0 Å². The molecule has 5 nitrogen and oxygen atoms in total. The Morgan fingerprint density at radius 2 is 2.08 bits per heavy atom. The number of rotatable bonds is 7. The third kappa shape index (κ3) is 4.82. The number of halogens is 1. The van der Waals surface area contributed by atoms with E-state index in [4.69, 9.17) is 11.6 Å². The molecule has 1 aromatic carbocycles. The van der Waals surface area contributed by atoms with Crippen molar-refractivity contribution in [2.75, 3.05) is 26.7 Å². The number of carbonyl (C=O) groups excluding carboxylic acids is 2. The lowest BCUT2D eigenvalue weighted by molar-refractivity contribution is -0.130. The SMILES string of the molecule is CCNC(=O)N(C)CCCN1C(=O)[C@H](CC)S[C@@H]1c1ccccc1Cl. The van der Waals surface area contributed by atoms with Crippen LogP contribution in [0, 0.1) is 0 Å². The van der Waals surface area contributed by atoms with Crippen LogP contribution in [0.3, 0.4) is 0 Å². The van der Waals surface area contributed by atoms with E-state index in [0.29, 0.717) is 24.7 Å². The molecule has 0 unspecified atom stereocenters. The summed E-state index contributed by atoms with van der Waals surface area (Å²) in [5.41, 5.74) is 0.982. The van der Waals surface area contributed by atoms with Crippen molar-refractivity contribution in [3.63, 3.8) is 0 Å².